The molecule has 2 nitrogen and oxygen atoms in total. The van der Waals surface area contributed by atoms with Crippen molar-refractivity contribution in [1.82, 2.24) is 0 Å². The third kappa shape index (κ3) is 2.11. The van der Waals surface area contributed by atoms with Crippen molar-refractivity contribution in [3.63, 3.8) is 0 Å². The molecule has 2 heteroatoms. The minimum Gasteiger partial charge on any atom is -0.422 e. The summed E-state index contributed by atoms with van der Waals surface area (Å²) in [7, 11) is 0. The van der Waals surface area contributed by atoms with Gasteiger partial charge in [-0.15, -0.1) is 0 Å². The molecule has 0 unspecified atom stereocenters. The van der Waals surface area contributed by atoms with Gasteiger partial charge in [0.05, 0.1) is 5.56 Å². The lowest BCUT2D eigenvalue weighted by molar-refractivity contribution is 0.559. The molecule has 0 aliphatic heterocycles. The van der Waals surface area contributed by atoms with E-state index in [1.807, 2.05) is 18.2 Å². The molecule has 0 bridgehead atoms. The molecule has 1 aromatic heterocycles. The van der Waals surface area contributed by atoms with Crippen LogP contribution in [0.4, 0.5) is 0 Å². The number of fused-ring (bicyclic) bond motifs is 2. The molecule has 0 saturated heterocycles. The average molecular weight is 248 g/mol. The van der Waals surface area contributed by atoms with E-state index in [0.717, 1.165) is 23.8 Å². The Morgan fingerprint density at radius 3 is 3.05 bits per heavy atom. The second-order valence-electron chi connectivity index (χ2n) is 4.45. The third-order valence-corrected chi connectivity index (χ3v) is 3.19. The van der Waals surface area contributed by atoms with Gasteiger partial charge in [-0.3, -0.25) is 0 Å². The molecule has 0 radical (unpaired) electrons. The summed E-state index contributed by atoms with van der Waals surface area (Å²) in [6, 6.07) is 5.72. The number of hydrogen-bond donors (Lipinski definition) is 0. The first-order chi connectivity index (χ1) is 9.28. The summed E-state index contributed by atoms with van der Waals surface area (Å²) in [5.41, 5.74) is 2.83. The zero-order valence-corrected chi connectivity index (χ0v) is 10.4. The predicted molar refractivity (Wildman–Crippen MR) is 76.9 cm³/mol. The highest BCUT2D eigenvalue weighted by molar-refractivity contribution is 5.81. The summed E-state index contributed by atoms with van der Waals surface area (Å²) < 4.78 is 5.31. The van der Waals surface area contributed by atoms with Crippen molar-refractivity contribution in [2.45, 2.75) is 12.8 Å². The smallest absolute Gasteiger partial charge is 0.343 e. The van der Waals surface area contributed by atoms with Crippen LogP contribution in [0.25, 0.3) is 17.0 Å². The number of aryl methyl sites for hydroxylation is 1. The number of allylic oxidation sites excluding steroid dienone is 2. The van der Waals surface area contributed by atoms with Crippen molar-refractivity contribution in [2.24, 2.45) is 0 Å². The van der Waals surface area contributed by atoms with Gasteiger partial charge in [0.2, 0.25) is 0 Å². The molecule has 19 heavy (non-hydrogen) atoms. The van der Waals surface area contributed by atoms with E-state index in [1.54, 1.807) is 0 Å². The third-order valence-electron chi connectivity index (χ3n) is 3.19. The SMILES string of the molecule is C=Cc1cc2cc3c(cc2oc1=O)C#CC=CCC3. The molecule has 0 fully saturated rings. The fraction of sp³-hybridized carbons (Fsp3) is 0.118. The Morgan fingerprint density at radius 2 is 2.21 bits per heavy atom. The fourth-order valence-electron chi connectivity index (χ4n) is 2.20. The molecule has 3 rings (SSSR count). The zero-order valence-electron chi connectivity index (χ0n) is 10.4. The molecule has 1 aliphatic carbocycles. The van der Waals surface area contributed by atoms with E-state index in [-0.39, 0.29) is 5.63 Å². The van der Waals surface area contributed by atoms with Gasteiger partial charge in [-0.25, -0.2) is 4.79 Å². The normalized spacial score (nSPS) is 13.1. The van der Waals surface area contributed by atoms with Crippen LogP contribution >= 0.6 is 0 Å². The van der Waals surface area contributed by atoms with Gasteiger partial charge in [-0.2, -0.15) is 0 Å². The van der Waals surface area contributed by atoms with Crippen LogP contribution in [0.3, 0.4) is 0 Å². The first kappa shape index (κ1) is 11.6. The van der Waals surface area contributed by atoms with Crippen molar-refractivity contribution >= 4 is 17.0 Å². The molecule has 1 heterocycles. The summed E-state index contributed by atoms with van der Waals surface area (Å²) in [4.78, 5) is 11.7. The van der Waals surface area contributed by atoms with Crippen LogP contribution in [-0.4, -0.2) is 0 Å². The van der Waals surface area contributed by atoms with Gasteiger partial charge in [0, 0.05) is 10.9 Å². The molecule has 0 atom stereocenters. The summed E-state index contributed by atoms with van der Waals surface area (Å²) in [5.74, 6) is 6.07. The van der Waals surface area contributed by atoms with Crippen LogP contribution in [0.15, 0.2) is 46.1 Å². The van der Waals surface area contributed by atoms with Gasteiger partial charge in [0.25, 0.3) is 0 Å². The topological polar surface area (TPSA) is 30.2 Å². The fourth-order valence-corrected chi connectivity index (χ4v) is 2.20. The lowest BCUT2D eigenvalue weighted by atomic mass is 9.99. The zero-order chi connectivity index (χ0) is 13.2. The van der Waals surface area contributed by atoms with Gasteiger partial charge < -0.3 is 4.42 Å². The number of benzene rings is 1. The van der Waals surface area contributed by atoms with Gasteiger partial charge in [0.1, 0.15) is 5.58 Å². The van der Waals surface area contributed by atoms with Crippen LogP contribution in [0.1, 0.15) is 23.1 Å². The molecule has 0 amide bonds. The quantitative estimate of drug-likeness (QED) is 0.572. The van der Waals surface area contributed by atoms with Crippen molar-refractivity contribution in [2.75, 3.05) is 0 Å². The van der Waals surface area contributed by atoms with E-state index in [2.05, 4.69) is 30.6 Å². The highest BCUT2D eigenvalue weighted by atomic mass is 16.4. The maximum Gasteiger partial charge on any atom is 0.343 e. The molecular weight excluding hydrogens is 236 g/mol. The van der Waals surface area contributed by atoms with Crippen LogP contribution in [0.5, 0.6) is 0 Å². The molecule has 0 saturated carbocycles. The van der Waals surface area contributed by atoms with Crippen LogP contribution < -0.4 is 5.63 Å². The van der Waals surface area contributed by atoms with Crippen molar-refractivity contribution in [1.29, 1.82) is 0 Å². The van der Waals surface area contributed by atoms with Gasteiger partial charge >= 0.3 is 5.63 Å². The van der Waals surface area contributed by atoms with Crippen LogP contribution in [0, 0.1) is 11.8 Å². The van der Waals surface area contributed by atoms with Crippen molar-refractivity contribution in [3.05, 3.63) is 64.0 Å². The van der Waals surface area contributed by atoms with Crippen molar-refractivity contribution in [3.8, 4) is 11.8 Å². The van der Waals surface area contributed by atoms with E-state index < -0.39 is 0 Å². The molecular formula is C17H12O2. The molecule has 1 aliphatic rings. The second-order valence-corrected chi connectivity index (χ2v) is 4.45. The molecule has 2 aromatic rings. The summed E-state index contributed by atoms with van der Waals surface area (Å²) in [6.07, 6.45) is 7.37. The van der Waals surface area contributed by atoms with Gasteiger partial charge in [-0.1, -0.05) is 30.6 Å². The lowest BCUT2D eigenvalue weighted by Crippen LogP contribution is -2.03. The Kier molecular flexibility index (Phi) is 2.81. The van der Waals surface area contributed by atoms with Gasteiger partial charge in [-0.05, 0) is 42.7 Å². The predicted octanol–water partition coefficient (Wildman–Crippen LogP) is 3.29. The summed E-state index contributed by atoms with van der Waals surface area (Å²) in [6.45, 7) is 3.62. The molecule has 0 spiro atoms. The maximum absolute atomic E-state index is 11.7. The van der Waals surface area contributed by atoms with Gasteiger partial charge in [0.15, 0.2) is 0 Å². The molecule has 0 N–H and O–H groups in total. The van der Waals surface area contributed by atoms with E-state index in [9.17, 15) is 4.79 Å². The van der Waals surface area contributed by atoms with Crippen molar-refractivity contribution < 1.29 is 4.42 Å². The Hall–Kier alpha value is -2.53. The number of hydrogen-bond acceptors (Lipinski definition) is 2. The minimum absolute atomic E-state index is 0.360. The molecule has 1 aromatic carbocycles. The molecule has 92 valence electrons. The van der Waals surface area contributed by atoms with E-state index in [0.29, 0.717) is 11.1 Å². The second kappa shape index (κ2) is 4.62. The first-order valence-electron chi connectivity index (χ1n) is 6.18. The Bertz CT molecular complexity index is 811. The highest BCUT2D eigenvalue weighted by Crippen LogP contribution is 2.21. The first-order valence-corrected chi connectivity index (χ1v) is 6.18. The van der Waals surface area contributed by atoms with Crippen LogP contribution in [0.2, 0.25) is 0 Å². The highest BCUT2D eigenvalue weighted by Gasteiger charge is 2.08. The maximum atomic E-state index is 11.7. The average Bonchev–Trinajstić information content (AvgIpc) is 2.38. The summed E-state index contributed by atoms with van der Waals surface area (Å²) in [5, 5.41) is 0.916. The Morgan fingerprint density at radius 1 is 1.32 bits per heavy atom. The summed E-state index contributed by atoms with van der Waals surface area (Å²) >= 11 is 0. The largest absolute Gasteiger partial charge is 0.422 e. The lowest BCUT2D eigenvalue weighted by Gasteiger charge is -2.07. The van der Waals surface area contributed by atoms with E-state index >= 15 is 0 Å². The minimum atomic E-state index is -0.360. The standard InChI is InChI=1S/C17H12O2/c1-2-12-9-15-10-13-7-5-3-4-6-8-14(13)11-16(15)19-17(12)18/h2-4,9-11H,1,5,7H2. The Balaban J connectivity index is 2.30. The van der Waals surface area contributed by atoms with Crippen LogP contribution in [-0.2, 0) is 6.42 Å². The Labute approximate surface area is 111 Å². The monoisotopic (exact) mass is 248 g/mol. The van der Waals surface area contributed by atoms with E-state index in [1.165, 1.54) is 11.6 Å². The van der Waals surface area contributed by atoms with E-state index in [4.69, 9.17) is 4.42 Å². The number of rotatable bonds is 1.